The minimum atomic E-state index is -1.00. The Bertz CT molecular complexity index is 872. The van der Waals surface area contributed by atoms with Crippen molar-refractivity contribution in [3.63, 3.8) is 0 Å². The lowest BCUT2D eigenvalue weighted by Crippen LogP contribution is -2.34. The fourth-order valence-corrected chi connectivity index (χ4v) is 2.34. The van der Waals surface area contributed by atoms with Crippen molar-refractivity contribution in [3.05, 3.63) is 53.6 Å². The summed E-state index contributed by atoms with van der Waals surface area (Å²) in [6, 6.07) is 14.3. The van der Waals surface area contributed by atoms with E-state index in [1.165, 1.54) is 0 Å². The molecule has 0 radical (unpaired) electrons. The van der Waals surface area contributed by atoms with Crippen molar-refractivity contribution in [2.75, 3.05) is 18.7 Å². The maximum atomic E-state index is 10.8. The predicted octanol–water partition coefficient (Wildman–Crippen LogP) is 1.93. The second-order valence-corrected chi connectivity index (χ2v) is 5.38. The average molecular weight is 352 g/mol. The first-order chi connectivity index (χ1) is 12.7. The molecule has 1 aliphatic heterocycles. The number of nitrogens with one attached hydrogen (secondary N) is 2. The molecule has 0 atom stereocenters. The Morgan fingerprint density at radius 2 is 2.04 bits per heavy atom. The highest BCUT2D eigenvalue weighted by atomic mass is 16.7. The summed E-state index contributed by atoms with van der Waals surface area (Å²) in [6.07, 6.45) is 0. The van der Waals surface area contributed by atoms with Gasteiger partial charge in [0.25, 0.3) is 0 Å². The second-order valence-electron chi connectivity index (χ2n) is 5.38. The molecule has 0 bridgehead atoms. The van der Waals surface area contributed by atoms with E-state index in [9.17, 15) is 4.79 Å². The average Bonchev–Trinajstić information content (AvgIpc) is 3.13. The number of aliphatic imine (C=N–C) groups is 1. The smallest absolute Gasteiger partial charge is 0.322 e. The van der Waals surface area contributed by atoms with Crippen molar-refractivity contribution < 1.29 is 19.4 Å². The number of nitriles is 1. The van der Waals surface area contributed by atoms with Crippen LogP contribution in [0.3, 0.4) is 0 Å². The SMILES string of the molecule is N#Cc1ccc(N/C(=N\Cc2cccc3c2OCO3)NCC(=O)O)cc1. The zero-order chi connectivity index (χ0) is 18.4. The minimum absolute atomic E-state index is 0.170. The molecule has 1 aliphatic rings. The highest BCUT2D eigenvalue weighted by molar-refractivity contribution is 5.95. The number of hydrogen-bond acceptors (Lipinski definition) is 5. The van der Waals surface area contributed by atoms with Gasteiger partial charge in [0.15, 0.2) is 17.5 Å². The molecule has 0 spiro atoms. The number of guanidine groups is 1. The number of carboxylic acids is 1. The topological polar surface area (TPSA) is 116 Å². The van der Waals surface area contributed by atoms with E-state index in [4.69, 9.17) is 19.8 Å². The molecule has 3 N–H and O–H groups in total. The van der Waals surface area contributed by atoms with Gasteiger partial charge in [-0.1, -0.05) is 12.1 Å². The number of benzene rings is 2. The molecule has 2 aromatic rings. The zero-order valence-electron chi connectivity index (χ0n) is 13.7. The van der Waals surface area contributed by atoms with Crippen molar-refractivity contribution >= 4 is 17.6 Å². The lowest BCUT2D eigenvalue weighted by atomic mass is 10.2. The van der Waals surface area contributed by atoms with E-state index in [-0.39, 0.29) is 19.9 Å². The normalized spacial score (nSPS) is 12.3. The van der Waals surface area contributed by atoms with Crippen LogP contribution in [0.4, 0.5) is 5.69 Å². The predicted molar refractivity (Wildman–Crippen MR) is 94.1 cm³/mol. The van der Waals surface area contributed by atoms with Crippen LogP contribution in [0, 0.1) is 11.3 Å². The van der Waals surface area contributed by atoms with Crippen LogP contribution in [0.5, 0.6) is 11.5 Å². The highest BCUT2D eigenvalue weighted by Crippen LogP contribution is 2.35. The van der Waals surface area contributed by atoms with Crippen LogP contribution in [0.1, 0.15) is 11.1 Å². The summed E-state index contributed by atoms with van der Waals surface area (Å²) in [6.45, 7) is 0.163. The van der Waals surface area contributed by atoms with Gasteiger partial charge in [0.05, 0.1) is 18.2 Å². The van der Waals surface area contributed by atoms with Gasteiger partial charge in [-0.25, -0.2) is 4.99 Å². The first kappa shape index (κ1) is 17.1. The standard InChI is InChI=1S/C18H16N4O4/c19-8-12-4-6-14(7-5-12)22-18(21-10-16(23)24)20-9-13-2-1-3-15-17(13)26-11-25-15/h1-7H,9-11H2,(H,23,24)(H2,20,21,22). The Labute approximate surface area is 149 Å². The number of fused-ring (bicyclic) bond motifs is 1. The van der Waals surface area contributed by atoms with Crippen LogP contribution in [0.25, 0.3) is 0 Å². The molecule has 2 aromatic carbocycles. The molecule has 8 nitrogen and oxygen atoms in total. The fourth-order valence-electron chi connectivity index (χ4n) is 2.34. The Kier molecular flexibility index (Phi) is 5.19. The van der Waals surface area contributed by atoms with E-state index in [2.05, 4.69) is 15.6 Å². The molecule has 0 fully saturated rings. The van der Waals surface area contributed by atoms with Gasteiger partial charge < -0.3 is 25.2 Å². The van der Waals surface area contributed by atoms with Gasteiger partial charge in [0, 0.05) is 11.3 Å². The van der Waals surface area contributed by atoms with Gasteiger partial charge in [0.2, 0.25) is 6.79 Å². The summed E-state index contributed by atoms with van der Waals surface area (Å²) in [5.41, 5.74) is 2.04. The third-order valence-corrected chi connectivity index (χ3v) is 3.57. The van der Waals surface area contributed by atoms with Crippen molar-refractivity contribution in [2.45, 2.75) is 6.54 Å². The van der Waals surface area contributed by atoms with Crippen LogP contribution in [0.2, 0.25) is 0 Å². The Morgan fingerprint density at radius 1 is 1.23 bits per heavy atom. The summed E-state index contributed by atoms with van der Waals surface area (Å²) in [5.74, 6) is 0.607. The van der Waals surface area contributed by atoms with E-state index < -0.39 is 5.97 Å². The monoisotopic (exact) mass is 352 g/mol. The maximum Gasteiger partial charge on any atom is 0.322 e. The molecule has 0 aliphatic carbocycles. The lowest BCUT2D eigenvalue weighted by Gasteiger charge is -2.12. The van der Waals surface area contributed by atoms with Gasteiger partial charge >= 0.3 is 5.97 Å². The first-order valence-corrected chi connectivity index (χ1v) is 7.80. The number of nitrogens with zero attached hydrogens (tertiary/aromatic N) is 2. The minimum Gasteiger partial charge on any atom is -0.480 e. The van der Waals surface area contributed by atoms with Gasteiger partial charge in [-0.05, 0) is 30.3 Å². The summed E-state index contributed by atoms with van der Waals surface area (Å²) in [5, 5.41) is 23.5. The third kappa shape index (κ3) is 4.21. The van der Waals surface area contributed by atoms with Gasteiger partial charge in [-0.15, -0.1) is 0 Å². The van der Waals surface area contributed by atoms with E-state index in [1.54, 1.807) is 24.3 Å². The number of ether oxygens (including phenoxy) is 2. The van der Waals surface area contributed by atoms with Gasteiger partial charge in [-0.2, -0.15) is 5.26 Å². The molecule has 0 amide bonds. The molecule has 0 aromatic heterocycles. The fraction of sp³-hybridized carbons (Fsp3) is 0.167. The molecule has 132 valence electrons. The molecular formula is C18H16N4O4. The molecule has 0 unspecified atom stereocenters. The Balaban J connectivity index is 1.76. The maximum absolute atomic E-state index is 10.8. The summed E-state index contributed by atoms with van der Waals surface area (Å²) in [7, 11) is 0. The number of carboxylic acid groups (broad SMARTS) is 1. The van der Waals surface area contributed by atoms with Gasteiger partial charge in [0.1, 0.15) is 6.54 Å². The molecule has 0 saturated carbocycles. The molecule has 3 rings (SSSR count). The van der Waals surface area contributed by atoms with E-state index >= 15 is 0 Å². The summed E-state index contributed by atoms with van der Waals surface area (Å²) in [4.78, 5) is 15.3. The van der Waals surface area contributed by atoms with Crippen molar-refractivity contribution in [2.24, 2.45) is 4.99 Å². The number of hydrogen-bond donors (Lipinski definition) is 3. The van der Waals surface area contributed by atoms with E-state index in [1.807, 2.05) is 24.3 Å². The largest absolute Gasteiger partial charge is 0.480 e. The van der Waals surface area contributed by atoms with Crippen molar-refractivity contribution in [1.82, 2.24) is 5.32 Å². The number of aliphatic carboxylic acids is 1. The number of para-hydroxylation sites is 1. The quantitative estimate of drug-likeness (QED) is 0.556. The van der Waals surface area contributed by atoms with Crippen LogP contribution >= 0.6 is 0 Å². The van der Waals surface area contributed by atoms with Crippen LogP contribution < -0.4 is 20.1 Å². The molecule has 26 heavy (non-hydrogen) atoms. The first-order valence-electron chi connectivity index (χ1n) is 7.80. The van der Waals surface area contributed by atoms with Crippen molar-refractivity contribution in [3.8, 4) is 17.6 Å². The van der Waals surface area contributed by atoms with Crippen molar-refractivity contribution in [1.29, 1.82) is 5.26 Å². The highest BCUT2D eigenvalue weighted by Gasteiger charge is 2.16. The van der Waals surface area contributed by atoms with Crippen LogP contribution in [0.15, 0.2) is 47.5 Å². The number of rotatable bonds is 5. The molecular weight excluding hydrogens is 336 g/mol. The summed E-state index contributed by atoms with van der Waals surface area (Å²) < 4.78 is 10.8. The summed E-state index contributed by atoms with van der Waals surface area (Å²) >= 11 is 0. The Hall–Kier alpha value is -3.73. The van der Waals surface area contributed by atoms with Gasteiger partial charge in [-0.3, -0.25) is 4.79 Å². The number of anilines is 1. The third-order valence-electron chi connectivity index (χ3n) is 3.57. The molecule has 1 heterocycles. The van der Waals surface area contributed by atoms with Crippen LogP contribution in [-0.2, 0) is 11.3 Å². The Morgan fingerprint density at radius 3 is 2.77 bits per heavy atom. The van der Waals surface area contributed by atoms with E-state index in [0.717, 1.165) is 5.56 Å². The second kappa shape index (κ2) is 7.90. The molecule has 0 saturated heterocycles. The van der Waals surface area contributed by atoms with Crippen LogP contribution in [-0.4, -0.2) is 30.4 Å². The lowest BCUT2D eigenvalue weighted by molar-refractivity contribution is -0.135. The zero-order valence-corrected chi connectivity index (χ0v) is 13.7. The van der Waals surface area contributed by atoms with E-state index in [0.29, 0.717) is 28.7 Å². The molecule has 8 heteroatoms. The number of carbonyl (C=O) groups is 1.